The number of nitrogens with zero attached hydrogens (tertiary/aromatic N) is 2. The van der Waals surface area contributed by atoms with Crippen molar-refractivity contribution in [3.05, 3.63) is 35.9 Å². The average molecular weight is 287 g/mol. The second-order valence-electron chi connectivity index (χ2n) is 6.41. The number of likely N-dealkylation sites (tertiary alicyclic amines) is 2. The van der Waals surface area contributed by atoms with E-state index in [2.05, 4.69) is 52.4 Å². The molecule has 3 rings (SSSR count). The van der Waals surface area contributed by atoms with E-state index >= 15 is 0 Å². The van der Waals surface area contributed by atoms with Crippen molar-refractivity contribution < 1.29 is 0 Å². The summed E-state index contributed by atoms with van der Waals surface area (Å²) in [5.41, 5.74) is 1.46. The molecule has 0 amide bonds. The summed E-state index contributed by atoms with van der Waals surface area (Å²) in [7, 11) is 0. The van der Waals surface area contributed by atoms with E-state index in [9.17, 15) is 0 Å². The molecule has 2 aliphatic heterocycles. The Hall–Kier alpha value is -0.900. The lowest BCUT2D eigenvalue weighted by molar-refractivity contribution is 0.197. The fourth-order valence-electron chi connectivity index (χ4n) is 3.87. The predicted molar refractivity (Wildman–Crippen MR) is 88.5 cm³/mol. The van der Waals surface area contributed by atoms with Crippen LogP contribution in [0.15, 0.2) is 30.3 Å². The second kappa shape index (κ2) is 7.39. The number of hydrogen-bond acceptors (Lipinski definition) is 3. The smallest absolute Gasteiger partial charge is 0.0473 e. The summed E-state index contributed by atoms with van der Waals surface area (Å²) in [6.07, 6.45) is 4.14. The number of nitrogens with one attached hydrogen (secondary N) is 1. The minimum Gasteiger partial charge on any atom is -0.315 e. The molecule has 2 saturated heterocycles. The van der Waals surface area contributed by atoms with Crippen LogP contribution in [0.25, 0.3) is 0 Å². The highest BCUT2D eigenvalue weighted by Gasteiger charge is 2.32. The minimum atomic E-state index is 0.527. The van der Waals surface area contributed by atoms with Gasteiger partial charge in [-0.1, -0.05) is 37.3 Å². The van der Waals surface area contributed by atoms with Crippen LogP contribution >= 0.6 is 0 Å². The highest BCUT2D eigenvalue weighted by atomic mass is 15.3. The average Bonchev–Trinajstić information content (AvgIpc) is 3.20. The standard InChI is InChI=1S/C18H29N3/c1-2-19-14-18(16-8-4-3-5-9-16)21-13-10-17(15-21)20-11-6-7-12-20/h3-5,8-9,17-19H,2,6-7,10-15H2,1H3. The molecule has 0 aromatic heterocycles. The van der Waals surface area contributed by atoms with Crippen molar-refractivity contribution in [2.75, 3.05) is 39.3 Å². The highest BCUT2D eigenvalue weighted by Crippen LogP contribution is 2.28. The number of likely N-dealkylation sites (N-methyl/N-ethyl adjacent to an activating group) is 1. The van der Waals surface area contributed by atoms with Gasteiger partial charge in [-0.05, 0) is 44.5 Å². The Kier molecular flexibility index (Phi) is 5.28. The molecule has 2 fully saturated rings. The molecule has 0 saturated carbocycles. The van der Waals surface area contributed by atoms with Gasteiger partial charge in [0.15, 0.2) is 0 Å². The van der Waals surface area contributed by atoms with Gasteiger partial charge >= 0.3 is 0 Å². The van der Waals surface area contributed by atoms with Crippen molar-refractivity contribution >= 4 is 0 Å². The summed E-state index contributed by atoms with van der Waals surface area (Å²) in [5.74, 6) is 0. The lowest BCUT2D eigenvalue weighted by atomic mass is 10.1. The van der Waals surface area contributed by atoms with E-state index in [1.807, 2.05) is 0 Å². The van der Waals surface area contributed by atoms with Crippen LogP contribution in [0, 0.1) is 0 Å². The van der Waals surface area contributed by atoms with Crippen molar-refractivity contribution in [2.45, 2.75) is 38.3 Å². The fraction of sp³-hybridized carbons (Fsp3) is 0.667. The highest BCUT2D eigenvalue weighted by molar-refractivity contribution is 5.20. The Morgan fingerprint density at radius 1 is 1.14 bits per heavy atom. The first-order valence-electron chi connectivity index (χ1n) is 8.62. The SMILES string of the molecule is CCNCC(c1ccccc1)N1CCC(N2CCCC2)C1. The predicted octanol–water partition coefficient (Wildman–Crippen LogP) is 2.51. The summed E-state index contributed by atoms with van der Waals surface area (Å²) in [6.45, 7) is 9.43. The third kappa shape index (κ3) is 3.65. The van der Waals surface area contributed by atoms with Crippen LogP contribution < -0.4 is 5.32 Å². The zero-order valence-electron chi connectivity index (χ0n) is 13.3. The van der Waals surface area contributed by atoms with Crippen LogP contribution in [0.5, 0.6) is 0 Å². The molecule has 2 atom stereocenters. The Balaban J connectivity index is 1.66. The summed E-state index contributed by atoms with van der Waals surface area (Å²) < 4.78 is 0. The molecule has 0 spiro atoms. The number of hydrogen-bond donors (Lipinski definition) is 1. The molecule has 2 aliphatic rings. The van der Waals surface area contributed by atoms with E-state index in [4.69, 9.17) is 0 Å². The van der Waals surface area contributed by atoms with E-state index in [1.54, 1.807) is 0 Å². The van der Waals surface area contributed by atoms with Crippen LogP contribution in [-0.2, 0) is 0 Å². The molecule has 0 radical (unpaired) electrons. The van der Waals surface area contributed by atoms with Crippen LogP contribution in [0.2, 0.25) is 0 Å². The molecule has 1 aromatic rings. The first kappa shape index (κ1) is 15.0. The molecule has 21 heavy (non-hydrogen) atoms. The maximum Gasteiger partial charge on any atom is 0.0473 e. The third-order valence-electron chi connectivity index (χ3n) is 5.06. The van der Waals surface area contributed by atoms with Gasteiger partial charge in [0.25, 0.3) is 0 Å². The zero-order valence-corrected chi connectivity index (χ0v) is 13.3. The third-order valence-corrected chi connectivity index (χ3v) is 5.06. The summed E-state index contributed by atoms with van der Waals surface area (Å²) in [4.78, 5) is 5.41. The van der Waals surface area contributed by atoms with Gasteiger partial charge in [-0.25, -0.2) is 0 Å². The molecule has 116 valence electrons. The van der Waals surface area contributed by atoms with Crippen LogP contribution in [0.4, 0.5) is 0 Å². The summed E-state index contributed by atoms with van der Waals surface area (Å²) in [6, 6.07) is 12.3. The lowest BCUT2D eigenvalue weighted by Crippen LogP contribution is -2.38. The molecular weight excluding hydrogens is 258 g/mol. The van der Waals surface area contributed by atoms with Crippen molar-refractivity contribution in [3.63, 3.8) is 0 Å². The van der Waals surface area contributed by atoms with Gasteiger partial charge in [-0.3, -0.25) is 9.80 Å². The molecular formula is C18H29N3. The van der Waals surface area contributed by atoms with E-state index in [0.29, 0.717) is 6.04 Å². The van der Waals surface area contributed by atoms with E-state index < -0.39 is 0 Å². The molecule has 0 bridgehead atoms. The topological polar surface area (TPSA) is 18.5 Å². The Morgan fingerprint density at radius 3 is 2.62 bits per heavy atom. The van der Waals surface area contributed by atoms with Gasteiger partial charge in [0.2, 0.25) is 0 Å². The minimum absolute atomic E-state index is 0.527. The fourth-order valence-corrected chi connectivity index (χ4v) is 3.87. The first-order chi connectivity index (χ1) is 10.4. The molecule has 1 N–H and O–H groups in total. The van der Waals surface area contributed by atoms with Gasteiger partial charge in [-0.2, -0.15) is 0 Å². The maximum absolute atomic E-state index is 3.55. The Morgan fingerprint density at radius 2 is 1.90 bits per heavy atom. The monoisotopic (exact) mass is 287 g/mol. The molecule has 2 heterocycles. The van der Waals surface area contributed by atoms with Gasteiger partial charge in [0.1, 0.15) is 0 Å². The van der Waals surface area contributed by atoms with Gasteiger partial charge < -0.3 is 5.32 Å². The van der Waals surface area contributed by atoms with Gasteiger partial charge in [0.05, 0.1) is 0 Å². The molecule has 3 heteroatoms. The van der Waals surface area contributed by atoms with Gasteiger partial charge in [0, 0.05) is 31.7 Å². The normalized spacial score (nSPS) is 25.5. The molecule has 0 aliphatic carbocycles. The largest absolute Gasteiger partial charge is 0.315 e. The summed E-state index contributed by atoms with van der Waals surface area (Å²) >= 11 is 0. The number of benzene rings is 1. The van der Waals surface area contributed by atoms with Crippen LogP contribution in [-0.4, -0.2) is 55.1 Å². The van der Waals surface area contributed by atoms with E-state index in [-0.39, 0.29) is 0 Å². The Bertz CT molecular complexity index is 414. The maximum atomic E-state index is 3.55. The van der Waals surface area contributed by atoms with Crippen LogP contribution in [0.1, 0.15) is 37.8 Å². The molecule has 3 nitrogen and oxygen atoms in total. The first-order valence-corrected chi connectivity index (χ1v) is 8.62. The van der Waals surface area contributed by atoms with E-state index in [1.165, 1.54) is 51.0 Å². The van der Waals surface area contributed by atoms with Crippen molar-refractivity contribution in [1.82, 2.24) is 15.1 Å². The van der Waals surface area contributed by atoms with Crippen molar-refractivity contribution in [3.8, 4) is 0 Å². The zero-order chi connectivity index (χ0) is 14.5. The van der Waals surface area contributed by atoms with Gasteiger partial charge in [-0.15, -0.1) is 0 Å². The second-order valence-corrected chi connectivity index (χ2v) is 6.41. The quantitative estimate of drug-likeness (QED) is 0.867. The van der Waals surface area contributed by atoms with Crippen molar-refractivity contribution in [2.24, 2.45) is 0 Å². The van der Waals surface area contributed by atoms with Crippen LogP contribution in [0.3, 0.4) is 0 Å². The van der Waals surface area contributed by atoms with Crippen molar-refractivity contribution in [1.29, 1.82) is 0 Å². The van der Waals surface area contributed by atoms with E-state index in [0.717, 1.165) is 19.1 Å². The lowest BCUT2D eigenvalue weighted by Gasteiger charge is -2.30. The number of rotatable bonds is 6. The Labute approximate surface area is 129 Å². The molecule has 1 aromatic carbocycles. The summed E-state index contributed by atoms with van der Waals surface area (Å²) in [5, 5.41) is 3.55. The molecule has 2 unspecified atom stereocenters.